The molecule has 0 unspecified atom stereocenters. The fourth-order valence-electron chi connectivity index (χ4n) is 3.19. The third kappa shape index (κ3) is 4.54. The lowest BCUT2D eigenvalue weighted by molar-refractivity contribution is 0.627. The zero-order valence-electron chi connectivity index (χ0n) is 16.1. The second-order valence-corrected chi connectivity index (χ2v) is 6.75. The van der Waals surface area contributed by atoms with Crippen molar-refractivity contribution in [3.05, 3.63) is 155 Å². The third-order valence-electron chi connectivity index (χ3n) is 4.70. The third-order valence-corrected chi connectivity index (χ3v) is 4.70. The van der Waals surface area contributed by atoms with Crippen molar-refractivity contribution < 1.29 is 8.78 Å². The summed E-state index contributed by atoms with van der Waals surface area (Å²) in [5, 5.41) is 0. The molecule has 0 saturated heterocycles. The average molecular weight is 392 g/mol. The first-order valence-electron chi connectivity index (χ1n) is 9.59. The summed E-state index contributed by atoms with van der Waals surface area (Å²) in [7, 11) is 0. The summed E-state index contributed by atoms with van der Waals surface area (Å²) >= 11 is 0. The van der Waals surface area contributed by atoms with Crippen LogP contribution in [0.15, 0.2) is 121 Å². The van der Waals surface area contributed by atoms with Crippen LogP contribution >= 0.6 is 0 Å². The van der Waals surface area contributed by atoms with E-state index in [-0.39, 0.29) is 11.6 Å². The lowest BCUT2D eigenvalue weighted by Crippen LogP contribution is -1.88. The van der Waals surface area contributed by atoms with E-state index in [1.165, 1.54) is 24.3 Å². The lowest BCUT2D eigenvalue weighted by Gasteiger charge is -2.06. The van der Waals surface area contributed by atoms with Crippen LogP contribution in [0.3, 0.4) is 0 Å². The standard InChI is InChI=1S/C28H18F2/c29-25-15-11-23(12-16-25)27(21-7-3-1-4-8-21)19-20-28(22-9-5-2-6-10-22)24-13-17-26(30)18-14-24/h1-18H. The average Bonchev–Trinajstić information content (AvgIpc) is 2.80. The van der Waals surface area contributed by atoms with Gasteiger partial charge in [-0.1, -0.05) is 96.4 Å². The highest BCUT2D eigenvalue weighted by Gasteiger charge is 2.07. The molecule has 0 saturated carbocycles. The van der Waals surface area contributed by atoms with Gasteiger partial charge in [0, 0.05) is 11.1 Å². The first kappa shape index (κ1) is 19.4. The molecule has 0 aliphatic rings. The van der Waals surface area contributed by atoms with Crippen LogP contribution in [-0.2, 0) is 0 Å². The van der Waals surface area contributed by atoms with Gasteiger partial charge in [-0.25, -0.2) is 8.78 Å². The topological polar surface area (TPSA) is 0 Å². The number of halogens is 2. The van der Waals surface area contributed by atoms with Gasteiger partial charge in [0.1, 0.15) is 11.6 Å². The summed E-state index contributed by atoms with van der Waals surface area (Å²) < 4.78 is 26.9. The van der Waals surface area contributed by atoms with E-state index in [0.717, 1.165) is 33.4 Å². The van der Waals surface area contributed by atoms with Crippen LogP contribution in [0.5, 0.6) is 0 Å². The quantitative estimate of drug-likeness (QED) is 0.320. The van der Waals surface area contributed by atoms with Gasteiger partial charge in [-0.15, -0.1) is 0 Å². The van der Waals surface area contributed by atoms with Crippen molar-refractivity contribution in [1.82, 2.24) is 0 Å². The van der Waals surface area contributed by atoms with Crippen LogP contribution in [0, 0.1) is 11.6 Å². The van der Waals surface area contributed by atoms with E-state index in [1.807, 2.05) is 60.7 Å². The van der Waals surface area contributed by atoms with Gasteiger partial charge in [0.15, 0.2) is 0 Å². The SMILES string of the molecule is Fc1ccc(C(=C=C=C(c2ccccc2)c2ccc(F)cc2)c2ccccc2)cc1. The molecule has 0 atom stereocenters. The zero-order valence-corrected chi connectivity index (χ0v) is 16.1. The van der Waals surface area contributed by atoms with E-state index < -0.39 is 0 Å². The molecule has 4 aromatic carbocycles. The van der Waals surface area contributed by atoms with E-state index in [2.05, 4.69) is 11.5 Å². The molecule has 0 nitrogen and oxygen atoms in total. The largest absolute Gasteiger partial charge is 0.207 e. The van der Waals surface area contributed by atoms with E-state index in [4.69, 9.17) is 0 Å². The molecular formula is C28H18F2. The summed E-state index contributed by atoms with van der Waals surface area (Å²) in [6.07, 6.45) is 0. The van der Waals surface area contributed by atoms with Crippen molar-refractivity contribution in [1.29, 1.82) is 0 Å². The Hall–Kier alpha value is -3.96. The molecule has 0 aliphatic heterocycles. The zero-order chi connectivity index (χ0) is 20.8. The van der Waals surface area contributed by atoms with E-state index in [0.29, 0.717) is 0 Å². The first-order chi connectivity index (χ1) is 14.7. The van der Waals surface area contributed by atoms with Crippen molar-refractivity contribution in [3.63, 3.8) is 0 Å². The minimum absolute atomic E-state index is 0.290. The summed E-state index contributed by atoms with van der Waals surface area (Å²) in [5.41, 5.74) is 11.8. The number of hydrogen-bond acceptors (Lipinski definition) is 0. The van der Waals surface area contributed by atoms with Gasteiger partial charge in [-0.3, -0.25) is 0 Å². The van der Waals surface area contributed by atoms with Gasteiger partial charge in [-0.2, -0.15) is 0 Å². The Kier molecular flexibility index (Phi) is 5.83. The maximum atomic E-state index is 13.5. The second-order valence-electron chi connectivity index (χ2n) is 6.75. The molecular weight excluding hydrogens is 374 g/mol. The van der Waals surface area contributed by atoms with Crippen LogP contribution in [0.2, 0.25) is 0 Å². The van der Waals surface area contributed by atoms with Crippen LogP contribution in [0.4, 0.5) is 8.78 Å². The number of benzene rings is 4. The predicted molar refractivity (Wildman–Crippen MR) is 118 cm³/mol. The molecule has 0 bridgehead atoms. The normalized spacial score (nSPS) is 10.1. The highest BCUT2D eigenvalue weighted by molar-refractivity contribution is 5.83. The molecule has 2 heteroatoms. The molecule has 0 fully saturated rings. The highest BCUT2D eigenvalue weighted by Crippen LogP contribution is 2.25. The summed E-state index contributed by atoms with van der Waals surface area (Å²) in [5.74, 6) is -0.580. The maximum Gasteiger partial charge on any atom is 0.123 e. The number of rotatable bonds is 4. The molecule has 30 heavy (non-hydrogen) atoms. The van der Waals surface area contributed by atoms with Crippen LogP contribution in [-0.4, -0.2) is 0 Å². The molecule has 0 N–H and O–H groups in total. The van der Waals surface area contributed by atoms with E-state index in [1.54, 1.807) is 24.3 Å². The summed E-state index contributed by atoms with van der Waals surface area (Å²) in [6.45, 7) is 0. The lowest BCUT2D eigenvalue weighted by atomic mass is 9.96. The molecule has 0 aliphatic carbocycles. The molecule has 0 aromatic heterocycles. The minimum Gasteiger partial charge on any atom is -0.207 e. The summed E-state index contributed by atoms with van der Waals surface area (Å²) in [4.78, 5) is 0. The van der Waals surface area contributed by atoms with Crippen molar-refractivity contribution >= 4 is 11.1 Å². The fraction of sp³-hybridized carbons (Fsp3) is 0. The van der Waals surface area contributed by atoms with Crippen LogP contribution in [0.1, 0.15) is 22.3 Å². The molecule has 0 heterocycles. The molecule has 4 rings (SSSR count). The Morgan fingerprint density at radius 1 is 0.400 bits per heavy atom. The van der Waals surface area contributed by atoms with Gasteiger partial charge in [0.2, 0.25) is 0 Å². The molecule has 0 radical (unpaired) electrons. The van der Waals surface area contributed by atoms with Crippen molar-refractivity contribution in [2.75, 3.05) is 0 Å². The van der Waals surface area contributed by atoms with E-state index >= 15 is 0 Å². The Morgan fingerprint density at radius 3 is 1.03 bits per heavy atom. The van der Waals surface area contributed by atoms with E-state index in [9.17, 15) is 8.78 Å². The van der Waals surface area contributed by atoms with Crippen molar-refractivity contribution in [2.45, 2.75) is 0 Å². The molecule has 0 amide bonds. The van der Waals surface area contributed by atoms with Gasteiger partial charge < -0.3 is 0 Å². The Balaban J connectivity index is 2.00. The van der Waals surface area contributed by atoms with Crippen molar-refractivity contribution in [3.8, 4) is 0 Å². The first-order valence-corrected chi connectivity index (χ1v) is 9.59. The monoisotopic (exact) mass is 392 g/mol. The Morgan fingerprint density at radius 2 is 0.700 bits per heavy atom. The smallest absolute Gasteiger partial charge is 0.123 e. The van der Waals surface area contributed by atoms with Gasteiger partial charge >= 0.3 is 0 Å². The molecule has 4 aromatic rings. The fourth-order valence-corrected chi connectivity index (χ4v) is 3.19. The Labute approximate surface area is 174 Å². The highest BCUT2D eigenvalue weighted by atomic mass is 19.1. The predicted octanol–water partition coefficient (Wildman–Crippen LogP) is 7.28. The maximum absolute atomic E-state index is 13.5. The second kappa shape index (κ2) is 9.03. The molecule has 0 spiro atoms. The van der Waals surface area contributed by atoms with Crippen molar-refractivity contribution in [2.24, 2.45) is 0 Å². The van der Waals surface area contributed by atoms with Gasteiger partial charge in [-0.05, 0) is 46.5 Å². The van der Waals surface area contributed by atoms with Crippen LogP contribution in [0.25, 0.3) is 11.1 Å². The number of hydrogen-bond donors (Lipinski definition) is 0. The Bertz CT molecular complexity index is 1120. The summed E-state index contributed by atoms with van der Waals surface area (Å²) in [6, 6.07) is 32.2. The van der Waals surface area contributed by atoms with Crippen LogP contribution < -0.4 is 0 Å². The molecule has 144 valence electrons. The van der Waals surface area contributed by atoms with Gasteiger partial charge in [0.05, 0.1) is 0 Å². The van der Waals surface area contributed by atoms with Gasteiger partial charge in [0.25, 0.3) is 0 Å². The minimum atomic E-state index is -0.290.